The average Bonchev–Trinajstić information content (AvgIpc) is 2.45. The topological polar surface area (TPSA) is 32.7 Å². The standard InChI is InChI=1S/C16H27NO2/c1-5-13(3)10-17(6-2)11-15-9-14(12-18)7-8-16(15)19-4/h7-9,13,18H,5-6,10-12H2,1-4H3. The van der Waals surface area contributed by atoms with Gasteiger partial charge in [-0.3, -0.25) is 4.90 Å². The Kier molecular flexibility index (Phi) is 6.89. The van der Waals surface area contributed by atoms with Gasteiger partial charge in [0.1, 0.15) is 5.75 Å². The molecule has 3 heteroatoms. The maximum absolute atomic E-state index is 9.25. The second-order valence-corrected chi connectivity index (χ2v) is 5.15. The molecule has 0 aliphatic heterocycles. The fraction of sp³-hybridized carbons (Fsp3) is 0.625. The molecule has 1 atom stereocenters. The van der Waals surface area contributed by atoms with E-state index in [1.54, 1.807) is 7.11 Å². The molecule has 1 aromatic carbocycles. The highest BCUT2D eigenvalue weighted by molar-refractivity contribution is 5.37. The van der Waals surface area contributed by atoms with Crippen molar-refractivity contribution >= 4 is 0 Å². The smallest absolute Gasteiger partial charge is 0.123 e. The summed E-state index contributed by atoms with van der Waals surface area (Å²) in [7, 11) is 1.70. The minimum absolute atomic E-state index is 0.0779. The van der Waals surface area contributed by atoms with Gasteiger partial charge in [0.05, 0.1) is 13.7 Å². The Labute approximate surface area is 117 Å². The molecule has 1 N–H and O–H groups in total. The number of rotatable bonds is 8. The van der Waals surface area contributed by atoms with Crippen molar-refractivity contribution in [2.45, 2.75) is 40.3 Å². The summed E-state index contributed by atoms with van der Waals surface area (Å²) in [4.78, 5) is 2.42. The zero-order valence-corrected chi connectivity index (χ0v) is 12.6. The first-order valence-corrected chi connectivity index (χ1v) is 7.13. The van der Waals surface area contributed by atoms with Gasteiger partial charge in [-0.25, -0.2) is 0 Å². The summed E-state index contributed by atoms with van der Waals surface area (Å²) in [6.45, 7) is 9.77. The lowest BCUT2D eigenvalue weighted by molar-refractivity contribution is 0.234. The number of benzene rings is 1. The largest absolute Gasteiger partial charge is 0.496 e. The second kappa shape index (κ2) is 8.18. The molecular weight excluding hydrogens is 238 g/mol. The Morgan fingerprint density at radius 3 is 2.58 bits per heavy atom. The van der Waals surface area contributed by atoms with Crippen LogP contribution in [-0.2, 0) is 13.2 Å². The zero-order valence-electron chi connectivity index (χ0n) is 12.6. The van der Waals surface area contributed by atoms with Crippen LogP contribution in [0.2, 0.25) is 0 Å². The highest BCUT2D eigenvalue weighted by Gasteiger charge is 2.11. The van der Waals surface area contributed by atoms with Crippen molar-refractivity contribution in [3.63, 3.8) is 0 Å². The van der Waals surface area contributed by atoms with Crippen molar-refractivity contribution in [3.8, 4) is 5.75 Å². The van der Waals surface area contributed by atoms with Crippen LogP contribution in [0.4, 0.5) is 0 Å². The third-order valence-corrected chi connectivity index (χ3v) is 3.64. The Hall–Kier alpha value is -1.06. The number of aliphatic hydroxyl groups is 1. The third kappa shape index (κ3) is 4.84. The number of hydrogen-bond donors (Lipinski definition) is 1. The first-order valence-electron chi connectivity index (χ1n) is 7.13. The van der Waals surface area contributed by atoms with E-state index in [0.717, 1.165) is 36.5 Å². The number of hydrogen-bond acceptors (Lipinski definition) is 3. The SMILES string of the molecule is CCC(C)CN(CC)Cc1cc(CO)ccc1OC. The van der Waals surface area contributed by atoms with E-state index in [-0.39, 0.29) is 6.61 Å². The molecule has 108 valence electrons. The van der Waals surface area contributed by atoms with Gasteiger partial charge in [-0.2, -0.15) is 0 Å². The van der Waals surface area contributed by atoms with Crippen LogP contribution in [0.1, 0.15) is 38.3 Å². The molecule has 1 rings (SSSR count). The molecule has 0 saturated carbocycles. The maximum Gasteiger partial charge on any atom is 0.123 e. The number of ether oxygens (including phenoxy) is 1. The fourth-order valence-corrected chi connectivity index (χ4v) is 2.17. The number of methoxy groups -OCH3 is 1. The van der Waals surface area contributed by atoms with Gasteiger partial charge < -0.3 is 9.84 Å². The lowest BCUT2D eigenvalue weighted by atomic mass is 10.1. The molecule has 0 bridgehead atoms. The van der Waals surface area contributed by atoms with E-state index >= 15 is 0 Å². The Morgan fingerprint density at radius 1 is 1.32 bits per heavy atom. The van der Waals surface area contributed by atoms with Crippen LogP contribution < -0.4 is 4.74 Å². The summed E-state index contributed by atoms with van der Waals surface area (Å²) in [6.07, 6.45) is 1.20. The molecule has 0 heterocycles. The molecule has 19 heavy (non-hydrogen) atoms. The van der Waals surface area contributed by atoms with Gasteiger partial charge in [0.2, 0.25) is 0 Å². The summed E-state index contributed by atoms with van der Waals surface area (Å²) < 4.78 is 5.41. The second-order valence-electron chi connectivity index (χ2n) is 5.15. The van der Waals surface area contributed by atoms with E-state index in [1.165, 1.54) is 6.42 Å². The summed E-state index contributed by atoms with van der Waals surface area (Å²) in [5, 5.41) is 9.25. The van der Waals surface area contributed by atoms with Gasteiger partial charge in [0.25, 0.3) is 0 Å². The number of nitrogens with zero attached hydrogens (tertiary/aromatic N) is 1. The van der Waals surface area contributed by atoms with Crippen LogP contribution in [-0.4, -0.2) is 30.2 Å². The summed E-state index contributed by atoms with van der Waals surface area (Å²) in [5.74, 6) is 1.60. The van der Waals surface area contributed by atoms with E-state index in [4.69, 9.17) is 4.74 Å². The van der Waals surface area contributed by atoms with Crippen LogP contribution in [0.15, 0.2) is 18.2 Å². The van der Waals surface area contributed by atoms with Crippen molar-refractivity contribution in [2.24, 2.45) is 5.92 Å². The fourth-order valence-electron chi connectivity index (χ4n) is 2.17. The Bertz CT molecular complexity index is 379. The Morgan fingerprint density at radius 2 is 2.05 bits per heavy atom. The van der Waals surface area contributed by atoms with E-state index in [2.05, 4.69) is 25.7 Å². The van der Waals surface area contributed by atoms with Crippen LogP contribution >= 0.6 is 0 Å². The molecule has 1 unspecified atom stereocenters. The molecule has 0 aromatic heterocycles. The predicted molar refractivity (Wildman–Crippen MR) is 79.3 cm³/mol. The normalized spacial score (nSPS) is 12.7. The highest BCUT2D eigenvalue weighted by Crippen LogP contribution is 2.22. The summed E-state index contributed by atoms with van der Waals surface area (Å²) in [5.41, 5.74) is 2.09. The molecule has 0 saturated heterocycles. The minimum atomic E-state index is 0.0779. The number of aliphatic hydroxyl groups excluding tert-OH is 1. The first kappa shape index (κ1) is 16.0. The van der Waals surface area contributed by atoms with Crippen LogP contribution in [0.25, 0.3) is 0 Å². The van der Waals surface area contributed by atoms with Gasteiger partial charge in [-0.15, -0.1) is 0 Å². The van der Waals surface area contributed by atoms with Crippen LogP contribution in [0.5, 0.6) is 5.75 Å². The molecular formula is C16H27NO2. The molecule has 0 spiro atoms. The van der Waals surface area contributed by atoms with E-state index in [9.17, 15) is 5.11 Å². The molecule has 0 aliphatic carbocycles. The molecule has 0 fully saturated rings. The highest BCUT2D eigenvalue weighted by atomic mass is 16.5. The van der Waals surface area contributed by atoms with Crippen LogP contribution in [0, 0.1) is 5.92 Å². The maximum atomic E-state index is 9.25. The van der Waals surface area contributed by atoms with E-state index in [1.807, 2.05) is 18.2 Å². The lowest BCUT2D eigenvalue weighted by Crippen LogP contribution is -2.28. The van der Waals surface area contributed by atoms with Gasteiger partial charge >= 0.3 is 0 Å². The van der Waals surface area contributed by atoms with Crippen molar-refractivity contribution in [1.29, 1.82) is 0 Å². The monoisotopic (exact) mass is 265 g/mol. The molecule has 0 amide bonds. The van der Waals surface area contributed by atoms with Gasteiger partial charge in [-0.1, -0.05) is 33.3 Å². The van der Waals surface area contributed by atoms with Crippen molar-refractivity contribution in [3.05, 3.63) is 29.3 Å². The van der Waals surface area contributed by atoms with E-state index < -0.39 is 0 Å². The van der Waals surface area contributed by atoms with E-state index in [0.29, 0.717) is 5.92 Å². The van der Waals surface area contributed by atoms with Crippen molar-refractivity contribution in [2.75, 3.05) is 20.2 Å². The Balaban J connectivity index is 2.82. The molecule has 0 aliphatic rings. The van der Waals surface area contributed by atoms with Crippen molar-refractivity contribution < 1.29 is 9.84 Å². The summed E-state index contributed by atoms with van der Waals surface area (Å²) >= 11 is 0. The van der Waals surface area contributed by atoms with Gasteiger partial charge in [0, 0.05) is 18.7 Å². The first-order chi connectivity index (χ1) is 9.14. The summed E-state index contributed by atoms with van der Waals surface area (Å²) in [6, 6.07) is 5.89. The van der Waals surface area contributed by atoms with Gasteiger partial charge in [-0.05, 0) is 30.2 Å². The molecule has 0 radical (unpaired) electrons. The van der Waals surface area contributed by atoms with Crippen LogP contribution in [0.3, 0.4) is 0 Å². The predicted octanol–water partition coefficient (Wildman–Crippen LogP) is 3.06. The van der Waals surface area contributed by atoms with Crippen molar-refractivity contribution in [1.82, 2.24) is 4.90 Å². The zero-order chi connectivity index (χ0) is 14.3. The average molecular weight is 265 g/mol. The van der Waals surface area contributed by atoms with Gasteiger partial charge in [0.15, 0.2) is 0 Å². The third-order valence-electron chi connectivity index (χ3n) is 3.64. The quantitative estimate of drug-likeness (QED) is 0.784. The molecule has 1 aromatic rings. The molecule has 3 nitrogen and oxygen atoms in total. The minimum Gasteiger partial charge on any atom is -0.496 e. The lowest BCUT2D eigenvalue weighted by Gasteiger charge is -2.24.